The standard InChI is InChI=1S/C8H10N2O4/c1-5-4-14-10-7(5)8(13)9-3-2-6(11)12/h4H,2-3H2,1H3,(H,9,13)(H,11,12). The van der Waals surface area contributed by atoms with Crippen molar-refractivity contribution in [2.75, 3.05) is 6.54 Å². The second-order valence-corrected chi connectivity index (χ2v) is 2.75. The predicted molar refractivity (Wildman–Crippen MR) is 45.8 cm³/mol. The molecule has 0 aromatic carbocycles. The molecular formula is C8H10N2O4. The van der Waals surface area contributed by atoms with Crippen molar-refractivity contribution in [2.45, 2.75) is 13.3 Å². The number of carbonyl (C=O) groups is 2. The van der Waals surface area contributed by atoms with E-state index in [0.717, 1.165) is 0 Å². The molecule has 0 aliphatic carbocycles. The van der Waals surface area contributed by atoms with Crippen molar-refractivity contribution in [3.8, 4) is 0 Å². The third-order valence-electron chi connectivity index (χ3n) is 1.59. The summed E-state index contributed by atoms with van der Waals surface area (Å²) in [4.78, 5) is 21.4. The van der Waals surface area contributed by atoms with E-state index < -0.39 is 11.9 Å². The first-order chi connectivity index (χ1) is 6.61. The Labute approximate surface area is 79.9 Å². The summed E-state index contributed by atoms with van der Waals surface area (Å²) in [6, 6.07) is 0. The number of amides is 1. The molecule has 0 saturated carbocycles. The van der Waals surface area contributed by atoms with Gasteiger partial charge in [-0.15, -0.1) is 0 Å². The van der Waals surface area contributed by atoms with Crippen LogP contribution in [0.3, 0.4) is 0 Å². The first-order valence-electron chi connectivity index (χ1n) is 4.02. The van der Waals surface area contributed by atoms with E-state index in [1.165, 1.54) is 6.26 Å². The summed E-state index contributed by atoms with van der Waals surface area (Å²) in [6.45, 7) is 1.77. The normalized spacial score (nSPS) is 9.79. The molecule has 76 valence electrons. The van der Waals surface area contributed by atoms with Gasteiger partial charge in [-0.3, -0.25) is 9.59 Å². The molecule has 0 atom stereocenters. The van der Waals surface area contributed by atoms with Gasteiger partial charge in [0.05, 0.1) is 6.42 Å². The Morgan fingerprint density at radius 2 is 2.36 bits per heavy atom. The van der Waals surface area contributed by atoms with Crippen LogP contribution < -0.4 is 5.32 Å². The van der Waals surface area contributed by atoms with Crippen LogP contribution in [0.2, 0.25) is 0 Å². The maximum Gasteiger partial charge on any atom is 0.305 e. The molecule has 0 aliphatic heterocycles. The maximum absolute atomic E-state index is 11.3. The molecule has 1 heterocycles. The highest BCUT2D eigenvalue weighted by atomic mass is 16.5. The molecule has 0 saturated heterocycles. The highest BCUT2D eigenvalue weighted by molar-refractivity contribution is 5.93. The third kappa shape index (κ3) is 2.58. The number of nitrogens with one attached hydrogen (secondary N) is 1. The zero-order valence-electron chi connectivity index (χ0n) is 7.61. The van der Waals surface area contributed by atoms with Gasteiger partial charge in [-0.05, 0) is 6.92 Å². The van der Waals surface area contributed by atoms with E-state index >= 15 is 0 Å². The van der Waals surface area contributed by atoms with E-state index in [-0.39, 0.29) is 18.7 Å². The van der Waals surface area contributed by atoms with Gasteiger partial charge >= 0.3 is 5.97 Å². The Hall–Kier alpha value is -1.85. The number of rotatable bonds is 4. The van der Waals surface area contributed by atoms with Crippen LogP contribution in [0.1, 0.15) is 22.5 Å². The summed E-state index contributed by atoms with van der Waals surface area (Å²) in [5.74, 6) is -1.38. The molecular weight excluding hydrogens is 188 g/mol. The Balaban J connectivity index is 2.44. The minimum atomic E-state index is -0.956. The molecule has 2 N–H and O–H groups in total. The summed E-state index contributed by atoms with van der Waals surface area (Å²) in [6.07, 6.45) is 1.24. The van der Waals surface area contributed by atoms with Crippen LogP contribution in [0.5, 0.6) is 0 Å². The molecule has 1 amide bonds. The summed E-state index contributed by atoms with van der Waals surface area (Å²) in [5, 5.41) is 14.2. The fourth-order valence-electron chi connectivity index (χ4n) is 0.873. The molecule has 0 fully saturated rings. The molecule has 0 unspecified atom stereocenters. The average molecular weight is 198 g/mol. The van der Waals surface area contributed by atoms with Gasteiger partial charge in [0, 0.05) is 12.1 Å². The highest BCUT2D eigenvalue weighted by Crippen LogP contribution is 2.03. The summed E-state index contributed by atoms with van der Waals surface area (Å²) >= 11 is 0. The monoisotopic (exact) mass is 198 g/mol. The number of aryl methyl sites for hydroxylation is 1. The van der Waals surface area contributed by atoms with Crippen LogP contribution in [-0.2, 0) is 4.79 Å². The van der Waals surface area contributed by atoms with E-state index in [1.807, 2.05) is 0 Å². The predicted octanol–water partition coefficient (Wildman–Crippen LogP) is 0.188. The molecule has 0 spiro atoms. The van der Waals surface area contributed by atoms with Crippen molar-refractivity contribution in [1.29, 1.82) is 0 Å². The Morgan fingerprint density at radius 1 is 1.64 bits per heavy atom. The van der Waals surface area contributed by atoms with E-state index in [0.29, 0.717) is 5.56 Å². The second kappa shape index (κ2) is 4.40. The smallest absolute Gasteiger partial charge is 0.305 e. The lowest BCUT2D eigenvalue weighted by Crippen LogP contribution is -2.26. The average Bonchev–Trinajstić information content (AvgIpc) is 2.50. The first kappa shape index (κ1) is 10.2. The zero-order valence-corrected chi connectivity index (χ0v) is 7.61. The third-order valence-corrected chi connectivity index (χ3v) is 1.59. The van der Waals surface area contributed by atoms with Crippen LogP contribution in [0.15, 0.2) is 10.8 Å². The molecule has 0 aliphatic rings. The molecule has 14 heavy (non-hydrogen) atoms. The van der Waals surface area contributed by atoms with Gasteiger partial charge in [-0.25, -0.2) is 0 Å². The van der Waals surface area contributed by atoms with Crippen LogP contribution >= 0.6 is 0 Å². The highest BCUT2D eigenvalue weighted by Gasteiger charge is 2.12. The van der Waals surface area contributed by atoms with Gasteiger partial charge in [-0.1, -0.05) is 5.16 Å². The van der Waals surface area contributed by atoms with Gasteiger partial charge < -0.3 is 14.9 Å². The van der Waals surface area contributed by atoms with E-state index in [1.54, 1.807) is 6.92 Å². The SMILES string of the molecule is Cc1conc1C(=O)NCCC(=O)O. The van der Waals surface area contributed by atoms with Gasteiger partial charge in [0.15, 0.2) is 5.69 Å². The molecule has 6 nitrogen and oxygen atoms in total. The van der Waals surface area contributed by atoms with Crippen LogP contribution in [0.25, 0.3) is 0 Å². The number of nitrogens with zero attached hydrogens (tertiary/aromatic N) is 1. The number of carbonyl (C=O) groups excluding carboxylic acids is 1. The number of carboxylic acid groups (broad SMARTS) is 1. The van der Waals surface area contributed by atoms with Crippen LogP contribution in [-0.4, -0.2) is 28.7 Å². The molecule has 6 heteroatoms. The fourth-order valence-corrected chi connectivity index (χ4v) is 0.873. The number of hydrogen-bond donors (Lipinski definition) is 2. The van der Waals surface area contributed by atoms with Crippen molar-refractivity contribution in [1.82, 2.24) is 10.5 Å². The summed E-state index contributed by atoms with van der Waals surface area (Å²) in [5.41, 5.74) is 0.813. The first-order valence-corrected chi connectivity index (χ1v) is 4.02. The van der Waals surface area contributed by atoms with Crippen molar-refractivity contribution < 1.29 is 19.2 Å². The summed E-state index contributed by atoms with van der Waals surface area (Å²) in [7, 11) is 0. The van der Waals surface area contributed by atoms with Gasteiger partial charge in [0.1, 0.15) is 6.26 Å². The van der Waals surface area contributed by atoms with Crippen LogP contribution in [0.4, 0.5) is 0 Å². The number of hydrogen-bond acceptors (Lipinski definition) is 4. The molecule has 1 rings (SSSR count). The minimum absolute atomic E-state index is 0.0838. The van der Waals surface area contributed by atoms with Gasteiger partial charge in [0.25, 0.3) is 5.91 Å². The lowest BCUT2D eigenvalue weighted by Gasteiger charge is -1.99. The van der Waals surface area contributed by atoms with E-state index in [4.69, 9.17) is 5.11 Å². The van der Waals surface area contributed by atoms with E-state index in [9.17, 15) is 9.59 Å². The lowest BCUT2D eigenvalue weighted by atomic mass is 10.2. The van der Waals surface area contributed by atoms with Gasteiger partial charge in [-0.2, -0.15) is 0 Å². The lowest BCUT2D eigenvalue weighted by molar-refractivity contribution is -0.136. The molecule has 1 aromatic rings. The van der Waals surface area contributed by atoms with Crippen molar-refractivity contribution in [3.63, 3.8) is 0 Å². The fraction of sp³-hybridized carbons (Fsp3) is 0.375. The molecule has 1 aromatic heterocycles. The second-order valence-electron chi connectivity index (χ2n) is 2.75. The van der Waals surface area contributed by atoms with Crippen LogP contribution in [0, 0.1) is 6.92 Å². The van der Waals surface area contributed by atoms with Gasteiger partial charge in [0.2, 0.25) is 0 Å². The summed E-state index contributed by atoms with van der Waals surface area (Å²) < 4.78 is 4.57. The number of carboxylic acids is 1. The van der Waals surface area contributed by atoms with Crippen molar-refractivity contribution in [3.05, 3.63) is 17.5 Å². The number of aromatic nitrogens is 1. The Kier molecular flexibility index (Phi) is 3.22. The quantitative estimate of drug-likeness (QED) is 0.720. The Morgan fingerprint density at radius 3 is 2.86 bits per heavy atom. The van der Waals surface area contributed by atoms with E-state index in [2.05, 4.69) is 15.0 Å². The maximum atomic E-state index is 11.3. The van der Waals surface area contributed by atoms with Crippen molar-refractivity contribution >= 4 is 11.9 Å². The van der Waals surface area contributed by atoms with Crippen molar-refractivity contribution in [2.24, 2.45) is 0 Å². The Bertz CT molecular complexity index is 345. The topological polar surface area (TPSA) is 92.4 Å². The number of aliphatic carboxylic acids is 1. The zero-order chi connectivity index (χ0) is 10.6. The largest absolute Gasteiger partial charge is 0.481 e. The minimum Gasteiger partial charge on any atom is -0.481 e. The molecule has 0 bridgehead atoms. The molecule has 0 radical (unpaired) electrons.